The van der Waals surface area contributed by atoms with Crippen molar-refractivity contribution in [2.75, 3.05) is 19.3 Å². The molecular weight excluding hydrogens is 338 g/mol. The SMILES string of the molecule is C[C@@H](OC(=O)c1cc(Br)ccc1N)C(=O)N(C)CCC#N. The van der Waals surface area contributed by atoms with Crippen molar-refractivity contribution in [3.05, 3.63) is 28.2 Å². The lowest BCUT2D eigenvalue weighted by Gasteiger charge is -2.20. The van der Waals surface area contributed by atoms with Crippen LogP contribution in [0.4, 0.5) is 5.69 Å². The fourth-order valence-corrected chi connectivity index (χ4v) is 1.98. The van der Waals surface area contributed by atoms with E-state index in [1.807, 2.05) is 6.07 Å². The average Bonchev–Trinajstić information content (AvgIpc) is 2.46. The van der Waals surface area contributed by atoms with Gasteiger partial charge in [-0.3, -0.25) is 4.79 Å². The van der Waals surface area contributed by atoms with Gasteiger partial charge in [-0.05, 0) is 25.1 Å². The predicted molar refractivity (Wildman–Crippen MR) is 81.3 cm³/mol. The molecule has 1 aromatic carbocycles. The fraction of sp³-hybridized carbons (Fsp3) is 0.357. The summed E-state index contributed by atoms with van der Waals surface area (Å²) in [5.41, 5.74) is 6.19. The summed E-state index contributed by atoms with van der Waals surface area (Å²) in [6, 6.07) is 6.77. The summed E-state index contributed by atoms with van der Waals surface area (Å²) in [7, 11) is 1.55. The molecule has 0 aliphatic heterocycles. The van der Waals surface area contributed by atoms with E-state index >= 15 is 0 Å². The van der Waals surface area contributed by atoms with E-state index in [1.165, 1.54) is 17.9 Å². The maximum absolute atomic E-state index is 12.0. The second kappa shape index (κ2) is 7.64. The minimum Gasteiger partial charge on any atom is -0.449 e. The second-order valence-corrected chi connectivity index (χ2v) is 5.36. The fourth-order valence-electron chi connectivity index (χ4n) is 1.62. The molecule has 0 aliphatic rings. The van der Waals surface area contributed by atoms with Crippen molar-refractivity contribution in [2.45, 2.75) is 19.4 Å². The highest BCUT2D eigenvalue weighted by atomic mass is 79.9. The molecule has 1 rings (SSSR count). The molecule has 0 unspecified atom stereocenters. The van der Waals surface area contributed by atoms with Gasteiger partial charge in [0.25, 0.3) is 5.91 Å². The Morgan fingerprint density at radius 3 is 2.81 bits per heavy atom. The first kappa shape index (κ1) is 17.0. The highest BCUT2D eigenvalue weighted by Gasteiger charge is 2.23. The summed E-state index contributed by atoms with van der Waals surface area (Å²) >= 11 is 3.24. The van der Waals surface area contributed by atoms with Gasteiger partial charge in [-0.15, -0.1) is 0 Å². The molecule has 0 saturated carbocycles. The van der Waals surface area contributed by atoms with Crippen molar-refractivity contribution >= 4 is 33.5 Å². The number of likely N-dealkylation sites (N-methyl/N-ethyl adjacent to an activating group) is 1. The molecule has 0 aromatic heterocycles. The third-order valence-electron chi connectivity index (χ3n) is 2.80. The number of carbonyl (C=O) groups excluding carboxylic acids is 2. The third kappa shape index (κ3) is 4.76. The Kier molecular flexibility index (Phi) is 6.18. The zero-order valence-corrected chi connectivity index (χ0v) is 13.4. The van der Waals surface area contributed by atoms with Crippen LogP contribution < -0.4 is 5.73 Å². The summed E-state index contributed by atoms with van der Waals surface area (Å²) in [5.74, 6) is -1.03. The van der Waals surface area contributed by atoms with Crippen LogP contribution in [0.3, 0.4) is 0 Å². The van der Waals surface area contributed by atoms with Crippen LogP contribution in [0.5, 0.6) is 0 Å². The number of amides is 1. The third-order valence-corrected chi connectivity index (χ3v) is 3.30. The number of esters is 1. The van der Waals surface area contributed by atoms with Gasteiger partial charge in [-0.1, -0.05) is 15.9 Å². The Balaban J connectivity index is 2.72. The number of hydrogen-bond donors (Lipinski definition) is 1. The Hall–Kier alpha value is -2.07. The Labute approximate surface area is 131 Å². The molecule has 0 spiro atoms. The standard InChI is InChI=1S/C14H16BrN3O3/c1-9(13(19)18(2)7-3-6-16)21-14(20)11-8-10(15)4-5-12(11)17/h4-5,8-9H,3,7,17H2,1-2H3/t9-/m1/s1. The van der Waals surface area contributed by atoms with Crippen LogP contribution in [0.2, 0.25) is 0 Å². The van der Waals surface area contributed by atoms with Crippen molar-refractivity contribution in [1.29, 1.82) is 5.26 Å². The summed E-state index contributed by atoms with van der Waals surface area (Å²) in [6.07, 6.45) is -0.721. The maximum Gasteiger partial charge on any atom is 0.341 e. The molecule has 6 nitrogen and oxygen atoms in total. The lowest BCUT2D eigenvalue weighted by molar-refractivity contribution is -0.138. The van der Waals surface area contributed by atoms with Crippen LogP contribution in [-0.4, -0.2) is 36.5 Å². The number of hydrogen-bond acceptors (Lipinski definition) is 5. The zero-order valence-electron chi connectivity index (χ0n) is 11.8. The molecule has 1 aromatic rings. The molecule has 21 heavy (non-hydrogen) atoms. The van der Waals surface area contributed by atoms with Crippen LogP contribution in [0, 0.1) is 11.3 Å². The number of nitriles is 1. The van der Waals surface area contributed by atoms with Crippen molar-refractivity contribution in [3.8, 4) is 6.07 Å². The lowest BCUT2D eigenvalue weighted by atomic mass is 10.2. The Morgan fingerprint density at radius 1 is 1.52 bits per heavy atom. The quantitative estimate of drug-likeness (QED) is 0.644. The molecule has 0 fully saturated rings. The topological polar surface area (TPSA) is 96.4 Å². The van der Waals surface area contributed by atoms with Gasteiger partial charge in [0.05, 0.1) is 18.1 Å². The minimum absolute atomic E-state index is 0.198. The van der Waals surface area contributed by atoms with E-state index in [1.54, 1.807) is 19.2 Å². The van der Waals surface area contributed by atoms with Gasteiger partial charge in [-0.2, -0.15) is 5.26 Å². The van der Waals surface area contributed by atoms with E-state index in [9.17, 15) is 9.59 Å². The van der Waals surface area contributed by atoms with Gasteiger partial charge in [-0.25, -0.2) is 4.79 Å². The molecule has 1 atom stereocenters. The van der Waals surface area contributed by atoms with Gasteiger partial charge in [0.1, 0.15) is 0 Å². The summed E-state index contributed by atoms with van der Waals surface area (Å²) in [4.78, 5) is 25.3. The number of nitrogen functional groups attached to an aromatic ring is 1. The van der Waals surface area contributed by atoms with E-state index in [0.717, 1.165) is 0 Å². The molecule has 2 N–H and O–H groups in total. The van der Waals surface area contributed by atoms with Crippen LogP contribution in [0.15, 0.2) is 22.7 Å². The number of carbonyl (C=O) groups is 2. The number of nitrogens with zero attached hydrogens (tertiary/aromatic N) is 2. The molecule has 0 radical (unpaired) electrons. The Bertz CT molecular complexity index is 583. The summed E-state index contributed by atoms with van der Waals surface area (Å²) in [5, 5.41) is 8.49. The van der Waals surface area contributed by atoms with Crippen molar-refractivity contribution in [3.63, 3.8) is 0 Å². The number of halogens is 1. The van der Waals surface area contributed by atoms with Crippen molar-refractivity contribution in [2.24, 2.45) is 0 Å². The van der Waals surface area contributed by atoms with Gasteiger partial charge in [0.2, 0.25) is 0 Å². The van der Waals surface area contributed by atoms with Gasteiger partial charge < -0.3 is 15.4 Å². The molecule has 1 amide bonds. The predicted octanol–water partition coefficient (Wildman–Crippen LogP) is 1.95. The monoisotopic (exact) mass is 353 g/mol. The van der Waals surface area contributed by atoms with Gasteiger partial charge in [0, 0.05) is 23.8 Å². The molecule has 0 heterocycles. The number of anilines is 1. The maximum atomic E-state index is 12.0. The first-order valence-corrected chi connectivity index (χ1v) is 7.04. The highest BCUT2D eigenvalue weighted by Crippen LogP contribution is 2.20. The molecule has 0 bridgehead atoms. The molecule has 0 saturated heterocycles. The minimum atomic E-state index is -0.945. The first-order chi connectivity index (χ1) is 9.86. The molecule has 112 valence electrons. The van der Waals surface area contributed by atoms with E-state index < -0.39 is 12.1 Å². The van der Waals surface area contributed by atoms with Crippen molar-refractivity contribution < 1.29 is 14.3 Å². The summed E-state index contributed by atoms with van der Waals surface area (Å²) in [6.45, 7) is 1.77. The second-order valence-electron chi connectivity index (χ2n) is 4.45. The number of ether oxygens (including phenoxy) is 1. The largest absolute Gasteiger partial charge is 0.449 e. The first-order valence-electron chi connectivity index (χ1n) is 6.24. The number of nitrogens with two attached hydrogens (primary N) is 1. The van der Waals surface area contributed by atoms with Gasteiger partial charge in [0.15, 0.2) is 6.10 Å². The smallest absolute Gasteiger partial charge is 0.341 e. The number of rotatable bonds is 5. The molecule has 0 aliphatic carbocycles. The van der Waals surface area contributed by atoms with Crippen LogP contribution in [0.25, 0.3) is 0 Å². The lowest BCUT2D eigenvalue weighted by Crippen LogP contribution is -2.38. The van der Waals surface area contributed by atoms with E-state index in [-0.39, 0.29) is 30.1 Å². The van der Waals surface area contributed by atoms with Crippen LogP contribution in [0.1, 0.15) is 23.7 Å². The van der Waals surface area contributed by atoms with E-state index in [0.29, 0.717) is 4.47 Å². The van der Waals surface area contributed by atoms with E-state index in [2.05, 4.69) is 15.9 Å². The van der Waals surface area contributed by atoms with E-state index in [4.69, 9.17) is 15.7 Å². The zero-order chi connectivity index (χ0) is 16.0. The normalized spacial score (nSPS) is 11.3. The molecule has 7 heteroatoms. The van der Waals surface area contributed by atoms with Crippen LogP contribution in [-0.2, 0) is 9.53 Å². The number of benzene rings is 1. The highest BCUT2D eigenvalue weighted by molar-refractivity contribution is 9.10. The summed E-state index contributed by atoms with van der Waals surface area (Å²) < 4.78 is 5.81. The average molecular weight is 354 g/mol. The molecular formula is C14H16BrN3O3. The van der Waals surface area contributed by atoms with Crippen molar-refractivity contribution in [1.82, 2.24) is 4.90 Å². The van der Waals surface area contributed by atoms with Crippen LogP contribution >= 0.6 is 15.9 Å². The van der Waals surface area contributed by atoms with Gasteiger partial charge >= 0.3 is 5.97 Å². The Morgan fingerprint density at radius 2 is 2.19 bits per heavy atom.